The van der Waals surface area contributed by atoms with Gasteiger partial charge in [0, 0.05) is 11.4 Å². The van der Waals surface area contributed by atoms with E-state index >= 15 is 0 Å². The zero-order chi connectivity index (χ0) is 19.4. The summed E-state index contributed by atoms with van der Waals surface area (Å²) in [7, 11) is -3.60. The van der Waals surface area contributed by atoms with Crippen molar-refractivity contribution in [1.82, 2.24) is 9.71 Å². The summed E-state index contributed by atoms with van der Waals surface area (Å²) in [5.74, 6) is 0.772. The molecule has 8 heteroatoms. The lowest BCUT2D eigenvalue weighted by Gasteiger charge is -2.14. The second kappa shape index (κ2) is 8.52. The number of thiazole rings is 1. The van der Waals surface area contributed by atoms with Crippen LogP contribution in [0.25, 0.3) is 9.88 Å². The number of hydrogen-bond donors (Lipinski definition) is 1. The number of benzene rings is 1. The third-order valence-electron chi connectivity index (χ3n) is 3.99. The van der Waals surface area contributed by atoms with Crippen molar-refractivity contribution in [3.63, 3.8) is 0 Å². The van der Waals surface area contributed by atoms with Gasteiger partial charge >= 0.3 is 0 Å². The zero-order valence-corrected chi connectivity index (χ0v) is 17.9. The molecule has 0 saturated carbocycles. The van der Waals surface area contributed by atoms with Gasteiger partial charge in [-0.05, 0) is 50.1 Å². The number of aryl methyl sites for hydroxylation is 1. The largest absolute Gasteiger partial charge is 0.494 e. The van der Waals surface area contributed by atoms with Gasteiger partial charge in [0.2, 0.25) is 0 Å². The third-order valence-corrected chi connectivity index (χ3v) is 8.17. The van der Waals surface area contributed by atoms with Crippen molar-refractivity contribution in [2.45, 2.75) is 37.4 Å². The summed E-state index contributed by atoms with van der Waals surface area (Å²) < 4.78 is 34.0. The van der Waals surface area contributed by atoms with E-state index in [9.17, 15) is 8.42 Å². The second-order valence-electron chi connectivity index (χ2n) is 5.96. The van der Waals surface area contributed by atoms with E-state index in [1.165, 1.54) is 22.7 Å². The molecule has 3 rings (SSSR count). The highest BCUT2D eigenvalue weighted by Gasteiger charge is 2.21. The molecule has 0 aliphatic carbocycles. The molecule has 0 spiro atoms. The average molecular weight is 423 g/mol. The van der Waals surface area contributed by atoms with Crippen LogP contribution in [0.5, 0.6) is 5.75 Å². The summed E-state index contributed by atoms with van der Waals surface area (Å²) in [6.45, 7) is 6.40. The fraction of sp³-hybridized carbons (Fsp3) is 0.316. The normalized spacial score (nSPS) is 12.9. The first kappa shape index (κ1) is 20.0. The van der Waals surface area contributed by atoms with Crippen molar-refractivity contribution in [2.24, 2.45) is 0 Å². The number of nitrogens with zero attached hydrogens (tertiary/aromatic N) is 1. The van der Waals surface area contributed by atoms with Gasteiger partial charge in [0.05, 0.1) is 17.2 Å². The van der Waals surface area contributed by atoms with Crippen LogP contribution in [0.3, 0.4) is 0 Å². The number of rotatable bonds is 8. The summed E-state index contributed by atoms with van der Waals surface area (Å²) in [5, 5.41) is 2.87. The number of hydrogen-bond acceptors (Lipinski definition) is 6. The molecule has 1 atom stereocenters. The van der Waals surface area contributed by atoms with Gasteiger partial charge in [-0.3, -0.25) is 0 Å². The van der Waals surface area contributed by atoms with Crippen molar-refractivity contribution in [3.05, 3.63) is 53.0 Å². The quantitative estimate of drug-likeness (QED) is 0.562. The summed E-state index contributed by atoms with van der Waals surface area (Å²) in [6.07, 6.45) is 0.869. The summed E-state index contributed by atoms with van der Waals surface area (Å²) in [5.41, 5.74) is 1.90. The first-order chi connectivity index (χ1) is 12.9. The maximum atomic E-state index is 12.7. The molecule has 1 N–H and O–H groups in total. The molecule has 2 aromatic heterocycles. The Kier molecular flexibility index (Phi) is 6.31. The van der Waals surface area contributed by atoms with Crippen LogP contribution in [-0.2, 0) is 16.4 Å². The Morgan fingerprint density at radius 2 is 1.89 bits per heavy atom. The summed E-state index contributed by atoms with van der Waals surface area (Å²) >= 11 is 2.78. The van der Waals surface area contributed by atoms with Gasteiger partial charge in [0.25, 0.3) is 10.0 Å². The van der Waals surface area contributed by atoms with Gasteiger partial charge in [0.15, 0.2) is 0 Å². The third kappa shape index (κ3) is 4.76. The van der Waals surface area contributed by atoms with Gasteiger partial charge in [-0.2, -0.15) is 0 Å². The van der Waals surface area contributed by atoms with Crippen molar-refractivity contribution < 1.29 is 13.2 Å². The monoisotopic (exact) mass is 422 g/mol. The van der Waals surface area contributed by atoms with Crippen LogP contribution < -0.4 is 9.46 Å². The predicted octanol–water partition coefficient (Wildman–Crippen LogP) is 4.87. The standard InChI is InChI=1S/C19H22N2O3S3/c1-4-15-12-25-19(20-15)17-10-11-18(26-17)27(22,23)21-13(3)14-6-8-16(9-7-14)24-5-2/h6-13,21H,4-5H2,1-3H3/t13-/m0/s1. The molecule has 0 bridgehead atoms. The van der Waals surface area contributed by atoms with Gasteiger partial charge in [0.1, 0.15) is 15.0 Å². The molecular formula is C19H22N2O3S3. The number of sulfonamides is 1. The highest BCUT2D eigenvalue weighted by molar-refractivity contribution is 7.91. The van der Waals surface area contributed by atoms with E-state index in [0.717, 1.165) is 33.3 Å². The Labute approximate surface area is 168 Å². The molecule has 3 aromatic rings. The predicted molar refractivity (Wildman–Crippen MR) is 111 cm³/mol. The van der Waals surface area contributed by atoms with Crippen LogP contribution in [0.1, 0.15) is 38.1 Å². The minimum Gasteiger partial charge on any atom is -0.494 e. The number of nitrogens with one attached hydrogen (secondary N) is 1. The number of aromatic nitrogens is 1. The Morgan fingerprint density at radius 3 is 2.52 bits per heavy atom. The van der Waals surface area contributed by atoms with Crippen LogP contribution >= 0.6 is 22.7 Å². The van der Waals surface area contributed by atoms with E-state index in [0.29, 0.717) is 10.8 Å². The molecule has 0 unspecified atom stereocenters. The van der Waals surface area contributed by atoms with Crippen LogP contribution in [0, 0.1) is 0 Å². The molecule has 0 amide bonds. The van der Waals surface area contributed by atoms with Crippen molar-refractivity contribution in [3.8, 4) is 15.6 Å². The van der Waals surface area contributed by atoms with Crippen LogP contribution in [0.15, 0.2) is 46.0 Å². The maximum absolute atomic E-state index is 12.7. The first-order valence-electron chi connectivity index (χ1n) is 8.72. The fourth-order valence-corrected chi connectivity index (χ4v) is 6.07. The van der Waals surface area contributed by atoms with Crippen molar-refractivity contribution in [1.29, 1.82) is 0 Å². The minimum absolute atomic E-state index is 0.295. The summed E-state index contributed by atoms with van der Waals surface area (Å²) in [6, 6.07) is 10.6. The number of thiophene rings is 1. The Hall–Kier alpha value is -1.74. The van der Waals surface area contributed by atoms with Crippen LogP contribution in [0.4, 0.5) is 0 Å². The molecule has 2 heterocycles. The molecule has 0 saturated heterocycles. The lowest BCUT2D eigenvalue weighted by atomic mass is 10.1. The lowest BCUT2D eigenvalue weighted by molar-refractivity contribution is 0.340. The highest BCUT2D eigenvalue weighted by Crippen LogP contribution is 2.33. The number of ether oxygens (including phenoxy) is 1. The topological polar surface area (TPSA) is 68.3 Å². The fourth-order valence-electron chi connectivity index (χ4n) is 2.54. The van der Waals surface area contributed by atoms with E-state index in [1.807, 2.05) is 49.6 Å². The van der Waals surface area contributed by atoms with E-state index in [2.05, 4.69) is 16.6 Å². The van der Waals surface area contributed by atoms with Gasteiger partial charge in [-0.1, -0.05) is 19.1 Å². The lowest BCUT2D eigenvalue weighted by Crippen LogP contribution is -2.26. The highest BCUT2D eigenvalue weighted by atomic mass is 32.2. The molecule has 0 aliphatic rings. The van der Waals surface area contributed by atoms with Crippen molar-refractivity contribution in [2.75, 3.05) is 6.61 Å². The Bertz CT molecular complexity index is 991. The van der Waals surface area contributed by atoms with Crippen molar-refractivity contribution >= 4 is 32.7 Å². The Morgan fingerprint density at radius 1 is 1.15 bits per heavy atom. The average Bonchev–Trinajstić information content (AvgIpc) is 3.31. The second-order valence-corrected chi connectivity index (χ2v) is 9.84. The Balaban J connectivity index is 1.74. The van der Waals surface area contributed by atoms with Gasteiger partial charge in [-0.15, -0.1) is 22.7 Å². The molecule has 0 radical (unpaired) electrons. The first-order valence-corrected chi connectivity index (χ1v) is 11.9. The summed E-state index contributed by atoms with van der Waals surface area (Å²) in [4.78, 5) is 5.40. The molecule has 0 fully saturated rings. The molecule has 0 aliphatic heterocycles. The van der Waals surface area contributed by atoms with E-state index < -0.39 is 10.0 Å². The SMILES string of the molecule is CCOc1ccc([C@H](C)NS(=O)(=O)c2ccc(-c3nc(CC)cs3)s2)cc1. The van der Waals surface area contributed by atoms with Crippen LogP contribution in [-0.4, -0.2) is 20.0 Å². The minimum atomic E-state index is -3.60. The molecule has 144 valence electrons. The molecule has 5 nitrogen and oxygen atoms in total. The maximum Gasteiger partial charge on any atom is 0.250 e. The molecular weight excluding hydrogens is 400 g/mol. The van der Waals surface area contributed by atoms with E-state index in [-0.39, 0.29) is 6.04 Å². The van der Waals surface area contributed by atoms with Gasteiger partial charge in [-0.25, -0.2) is 18.1 Å². The smallest absolute Gasteiger partial charge is 0.250 e. The van der Waals surface area contributed by atoms with E-state index in [4.69, 9.17) is 4.74 Å². The van der Waals surface area contributed by atoms with Crippen LogP contribution in [0.2, 0.25) is 0 Å². The molecule has 1 aromatic carbocycles. The van der Waals surface area contributed by atoms with E-state index in [1.54, 1.807) is 6.07 Å². The zero-order valence-electron chi connectivity index (χ0n) is 15.4. The molecule has 27 heavy (non-hydrogen) atoms. The van der Waals surface area contributed by atoms with Gasteiger partial charge < -0.3 is 4.74 Å².